The van der Waals surface area contributed by atoms with E-state index in [1.165, 1.54) is 11.8 Å². The minimum absolute atomic E-state index is 0.0731. The Morgan fingerprint density at radius 1 is 1.40 bits per heavy atom. The highest BCUT2D eigenvalue weighted by molar-refractivity contribution is 8.15. The minimum Gasteiger partial charge on any atom is -0.459 e. The van der Waals surface area contributed by atoms with E-state index in [1.807, 2.05) is 13.0 Å². The lowest BCUT2D eigenvalue weighted by atomic mass is 9.94. The highest BCUT2D eigenvalue weighted by atomic mass is 35.5. The van der Waals surface area contributed by atoms with Crippen LogP contribution in [0.1, 0.15) is 39.3 Å². The molecule has 0 aliphatic carbocycles. The van der Waals surface area contributed by atoms with Gasteiger partial charge in [0.25, 0.3) is 0 Å². The number of hydrogen-bond acceptors (Lipinski definition) is 5. The number of halogens is 1. The second-order valence-corrected chi connectivity index (χ2v) is 8.02. The number of rotatable bonds is 3. The molecule has 1 fully saturated rings. The van der Waals surface area contributed by atoms with Gasteiger partial charge in [-0.05, 0) is 45.4 Å². The van der Waals surface area contributed by atoms with Crippen LogP contribution in [0.15, 0.2) is 40.5 Å². The van der Waals surface area contributed by atoms with Crippen molar-refractivity contribution in [3.63, 3.8) is 0 Å². The molecule has 0 radical (unpaired) electrons. The SMILES string of the molecule is CC1=C(C(=O)OC(C)C)[C@H](c2cccc(Cl)c2)N2C(=O)[C@@H](C)SC2=N1. The fourth-order valence-corrected chi connectivity index (χ4v) is 4.16. The van der Waals surface area contributed by atoms with Gasteiger partial charge in [0.2, 0.25) is 5.91 Å². The zero-order chi connectivity index (χ0) is 18.3. The summed E-state index contributed by atoms with van der Waals surface area (Å²) in [4.78, 5) is 31.5. The third kappa shape index (κ3) is 3.33. The van der Waals surface area contributed by atoms with E-state index in [4.69, 9.17) is 16.3 Å². The summed E-state index contributed by atoms with van der Waals surface area (Å²) >= 11 is 7.55. The van der Waals surface area contributed by atoms with Crippen LogP contribution in [0.5, 0.6) is 0 Å². The van der Waals surface area contributed by atoms with Crippen molar-refractivity contribution in [1.29, 1.82) is 0 Å². The maximum Gasteiger partial charge on any atom is 0.338 e. The monoisotopic (exact) mass is 378 g/mol. The molecule has 1 amide bonds. The van der Waals surface area contributed by atoms with Gasteiger partial charge in [0, 0.05) is 5.02 Å². The largest absolute Gasteiger partial charge is 0.459 e. The molecule has 0 spiro atoms. The summed E-state index contributed by atoms with van der Waals surface area (Å²) in [5.74, 6) is -0.534. The molecular formula is C18H19ClN2O3S. The molecule has 0 bridgehead atoms. The quantitative estimate of drug-likeness (QED) is 0.747. The number of ether oxygens (including phenoxy) is 1. The average molecular weight is 379 g/mol. The van der Waals surface area contributed by atoms with E-state index in [0.29, 0.717) is 21.5 Å². The summed E-state index contributed by atoms with van der Waals surface area (Å²) in [6.07, 6.45) is -0.263. The summed E-state index contributed by atoms with van der Waals surface area (Å²) in [7, 11) is 0. The van der Waals surface area contributed by atoms with Gasteiger partial charge in [-0.3, -0.25) is 9.69 Å². The molecule has 1 aromatic carbocycles. The lowest BCUT2D eigenvalue weighted by Gasteiger charge is -2.33. The van der Waals surface area contributed by atoms with Crippen molar-refractivity contribution in [3.8, 4) is 0 Å². The second-order valence-electron chi connectivity index (χ2n) is 6.27. The molecule has 1 saturated heterocycles. The first-order chi connectivity index (χ1) is 11.8. The highest BCUT2D eigenvalue weighted by Crippen LogP contribution is 2.43. The molecule has 1 aromatic rings. The van der Waals surface area contributed by atoms with Crippen LogP contribution in [0, 0.1) is 0 Å². The molecule has 2 aliphatic rings. The molecule has 25 heavy (non-hydrogen) atoms. The first-order valence-corrected chi connectivity index (χ1v) is 9.31. The van der Waals surface area contributed by atoms with Gasteiger partial charge < -0.3 is 4.74 Å². The van der Waals surface area contributed by atoms with E-state index in [2.05, 4.69) is 4.99 Å². The van der Waals surface area contributed by atoms with Gasteiger partial charge in [0.1, 0.15) is 0 Å². The Morgan fingerprint density at radius 2 is 2.12 bits per heavy atom. The van der Waals surface area contributed by atoms with Crippen molar-refractivity contribution >= 4 is 40.4 Å². The fraction of sp³-hybridized carbons (Fsp3) is 0.389. The number of amides is 1. The summed E-state index contributed by atoms with van der Waals surface area (Å²) in [6, 6.07) is 6.61. The fourth-order valence-electron chi connectivity index (χ4n) is 2.93. The van der Waals surface area contributed by atoms with Crippen LogP contribution in [0.2, 0.25) is 5.02 Å². The van der Waals surface area contributed by atoms with E-state index in [1.54, 1.807) is 43.9 Å². The van der Waals surface area contributed by atoms with Gasteiger partial charge in [0.05, 0.1) is 28.7 Å². The van der Waals surface area contributed by atoms with Crippen molar-refractivity contribution in [3.05, 3.63) is 46.1 Å². The van der Waals surface area contributed by atoms with Crippen LogP contribution in [0.4, 0.5) is 0 Å². The smallest absolute Gasteiger partial charge is 0.338 e. The van der Waals surface area contributed by atoms with Crippen LogP contribution >= 0.6 is 23.4 Å². The molecule has 0 aromatic heterocycles. The number of thioether (sulfide) groups is 1. The summed E-state index contributed by atoms with van der Waals surface area (Å²) < 4.78 is 5.41. The number of nitrogens with zero attached hydrogens (tertiary/aromatic N) is 2. The van der Waals surface area contributed by atoms with Crippen molar-refractivity contribution in [2.75, 3.05) is 0 Å². The van der Waals surface area contributed by atoms with Gasteiger partial charge in [-0.15, -0.1) is 0 Å². The Labute approximate surface area is 156 Å². The van der Waals surface area contributed by atoms with E-state index in [0.717, 1.165) is 5.56 Å². The van der Waals surface area contributed by atoms with Crippen molar-refractivity contribution in [2.45, 2.75) is 45.1 Å². The number of aliphatic imine (C=N–C) groups is 1. The zero-order valence-corrected chi connectivity index (χ0v) is 16.0. The molecule has 5 nitrogen and oxygen atoms in total. The summed E-state index contributed by atoms with van der Waals surface area (Å²) in [5, 5.41) is 0.915. The normalized spacial score (nSPS) is 23.0. The van der Waals surface area contributed by atoms with Crippen LogP contribution in [0.25, 0.3) is 0 Å². The second kappa shape index (κ2) is 6.84. The number of hydrogen-bond donors (Lipinski definition) is 0. The van der Waals surface area contributed by atoms with Crippen LogP contribution in [0.3, 0.4) is 0 Å². The Morgan fingerprint density at radius 3 is 2.76 bits per heavy atom. The number of carbonyl (C=O) groups excluding carboxylic acids is 2. The lowest BCUT2D eigenvalue weighted by molar-refractivity contribution is -0.143. The standard InChI is InChI=1S/C18H19ClN2O3S/c1-9(2)24-17(23)14-10(3)20-18-21(16(22)11(4)25-18)15(14)12-6-5-7-13(19)8-12/h5-9,11,15H,1-4H3/t11-,15+/m1/s1. The third-order valence-corrected chi connectivity index (χ3v) is 5.27. The number of fused-ring (bicyclic) bond motifs is 1. The van der Waals surface area contributed by atoms with Crippen molar-refractivity contribution < 1.29 is 14.3 Å². The van der Waals surface area contributed by atoms with Crippen LogP contribution in [-0.4, -0.2) is 33.3 Å². The summed E-state index contributed by atoms with van der Waals surface area (Å²) in [6.45, 7) is 7.19. The lowest BCUT2D eigenvalue weighted by Crippen LogP contribution is -2.40. The van der Waals surface area contributed by atoms with Crippen LogP contribution < -0.4 is 0 Å². The van der Waals surface area contributed by atoms with E-state index in [-0.39, 0.29) is 17.3 Å². The molecule has 2 atom stereocenters. The average Bonchev–Trinajstić information content (AvgIpc) is 2.79. The maximum absolute atomic E-state index is 12.7. The molecular weight excluding hydrogens is 360 g/mol. The molecule has 7 heteroatoms. The Kier molecular flexibility index (Phi) is 4.93. The van der Waals surface area contributed by atoms with E-state index in [9.17, 15) is 9.59 Å². The van der Waals surface area contributed by atoms with E-state index >= 15 is 0 Å². The predicted molar refractivity (Wildman–Crippen MR) is 99.5 cm³/mol. The Hall–Kier alpha value is -1.79. The highest BCUT2D eigenvalue weighted by Gasteiger charge is 2.46. The first-order valence-electron chi connectivity index (χ1n) is 8.05. The topological polar surface area (TPSA) is 59.0 Å². The minimum atomic E-state index is -0.581. The van der Waals surface area contributed by atoms with Crippen molar-refractivity contribution in [1.82, 2.24) is 4.90 Å². The molecule has 0 N–H and O–H groups in total. The van der Waals surface area contributed by atoms with Gasteiger partial charge in [0.15, 0.2) is 5.17 Å². The zero-order valence-electron chi connectivity index (χ0n) is 14.4. The predicted octanol–water partition coefficient (Wildman–Crippen LogP) is 3.94. The van der Waals surface area contributed by atoms with Gasteiger partial charge >= 0.3 is 5.97 Å². The van der Waals surface area contributed by atoms with Crippen molar-refractivity contribution in [2.24, 2.45) is 4.99 Å². The number of benzene rings is 1. The number of allylic oxidation sites excluding steroid dienone is 1. The molecule has 0 unspecified atom stereocenters. The Balaban J connectivity index is 2.14. The molecule has 2 heterocycles. The molecule has 0 saturated carbocycles. The van der Waals surface area contributed by atoms with Gasteiger partial charge in [-0.25, -0.2) is 9.79 Å². The van der Waals surface area contributed by atoms with Gasteiger partial charge in [-0.1, -0.05) is 35.5 Å². The number of esters is 1. The van der Waals surface area contributed by atoms with E-state index < -0.39 is 12.0 Å². The van der Waals surface area contributed by atoms with Gasteiger partial charge in [-0.2, -0.15) is 0 Å². The first kappa shape index (κ1) is 18.0. The number of amidine groups is 1. The third-order valence-electron chi connectivity index (χ3n) is 3.99. The Bertz CT molecular complexity index is 803. The molecule has 132 valence electrons. The molecule has 3 rings (SSSR count). The summed E-state index contributed by atoms with van der Waals surface area (Å²) in [5.41, 5.74) is 1.71. The van der Waals surface area contributed by atoms with Crippen LogP contribution in [-0.2, 0) is 14.3 Å². The number of carbonyl (C=O) groups is 2. The molecule has 2 aliphatic heterocycles. The maximum atomic E-state index is 12.7.